The van der Waals surface area contributed by atoms with E-state index in [2.05, 4.69) is 0 Å². The number of phenols is 1. The van der Waals surface area contributed by atoms with Gasteiger partial charge >= 0.3 is 6.03 Å². The number of thiophene rings is 1. The van der Waals surface area contributed by atoms with Crippen LogP contribution in [0.2, 0.25) is 5.02 Å². The predicted octanol–water partition coefficient (Wildman–Crippen LogP) is 5.29. The molecule has 1 saturated carbocycles. The summed E-state index contributed by atoms with van der Waals surface area (Å²) in [7, 11) is 3.14. The molecular weight excluding hydrogens is 682 g/mol. The van der Waals surface area contributed by atoms with E-state index in [-0.39, 0.29) is 24.4 Å². The molecule has 14 heteroatoms. The largest absolute Gasteiger partial charge is 0.508 e. The van der Waals surface area contributed by atoms with Crippen LogP contribution in [0.4, 0.5) is 10.6 Å². The fourth-order valence-corrected chi connectivity index (χ4v) is 10.2. The van der Waals surface area contributed by atoms with Crippen molar-refractivity contribution in [2.24, 2.45) is 41.9 Å². The van der Waals surface area contributed by atoms with Gasteiger partial charge in [-0.15, -0.1) is 11.3 Å². The fourth-order valence-electron chi connectivity index (χ4n) is 8.90. The number of phenolic OH excluding ortho intramolecular Hbond substituents is 1. The quantitative estimate of drug-likeness (QED) is 0.213. The van der Waals surface area contributed by atoms with Crippen LogP contribution in [-0.2, 0) is 26.2 Å². The van der Waals surface area contributed by atoms with E-state index in [0.717, 1.165) is 20.5 Å². The Hall–Kier alpha value is -5.01. The van der Waals surface area contributed by atoms with E-state index in [9.17, 15) is 29.1 Å². The number of aromatic hydroxyl groups is 1. The van der Waals surface area contributed by atoms with Crippen LogP contribution in [0.1, 0.15) is 36.8 Å². The van der Waals surface area contributed by atoms with E-state index in [0.29, 0.717) is 32.5 Å². The Kier molecular flexibility index (Phi) is 7.08. The summed E-state index contributed by atoms with van der Waals surface area (Å²) in [6, 6.07) is 11.0. The van der Waals surface area contributed by atoms with E-state index in [1.165, 1.54) is 34.1 Å². The summed E-state index contributed by atoms with van der Waals surface area (Å²) in [6.07, 6.45) is 2.04. The number of hydrogen-bond donors (Lipinski definition) is 2. The number of urea groups is 1. The van der Waals surface area contributed by atoms with Crippen molar-refractivity contribution in [1.29, 1.82) is 0 Å². The van der Waals surface area contributed by atoms with Crippen LogP contribution >= 0.6 is 22.9 Å². The summed E-state index contributed by atoms with van der Waals surface area (Å²) in [5.41, 5.74) is 6.65. The van der Waals surface area contributed by atoms with Crippen molar-refractivity contribution in [3.63, 3.8) is 0 Å². The van der Waals surface area contributed by atoms with Crippen molar-refractivity contribution < 1.29 is 33.8 Å². The third kappa shape index (κ3) is 4.22. The standard InChI is InChI=1S/C36H32ClN5O7S/c1-15-21-11-16(37)5-10-26(21)50-30(15)24-14-27(40(3)39-24)41-32(45)23-13-22-18(8-9-20-28(22)33(46)42(31(20)44)35(38)48)29(36(23,2)34(41)47)19-7-6-17(49-4)12-25(19)43/h5-8,10-12,14,20,22-23,28-29,43H,9,13H2,1-4H3,(H2,38,48). The van der Waals surface area contributed by atoms with E-state index >= 15 is 0 Å². The molecule has 6 atom stereocenters. The zero-order chi connectivity index (χ0) is 35.5. The molecule has 12 nitrogen and oxygen atoms in total. The molecule has 0 spiro atoms. The molecule has 256 valence electrons. The van der Waals surface area contributed by atoms with Crippen LogP contribution in [0.25, 0.3) is 20.7 Å². The highest BCUT2D eigenvalue weighted by Crippen LogP contribution is 2.64. The number of methoxy groups -OCH3 is 1. The molecule has 2 aromatic heterocycles. The smallest absolute Gasteiger partial charge is 0.328 e. The number of ether oxygens (including phenoxy) is 1. The lowest BCUT2D eigenvalue weighted by Gasteiger charge is -2.49. The number of rotatable bonds is 4. The number of amides is 6. The number of anilines is 1. The van der Waals surface area contributed by atoms with E-state index < -0.39 is 64.7 Å². The zero-order valence-corrected chi connectivity index (χ0v) is 29.0. The SMILES string of the molecule is COc1ccc(C2C3=CCC4C(=O)N(C(N)=O)C(=O)C4C3CC3C(=O)N(c4cc(-c5sc6ccc(Cl)cc6c5C)nn4C)C(=O)C32C)c(O)c1. The van der Waals surface area contributed by atoms with Gasteiger partial charge in [0, 0.05) is 40.4 Å². The maximum Gasteiger partial charge on any atom is 0.328 e. The molecule has 2 aliphatic heterocycles. The van der Waals surface area contributed by atoms with Gasteiger partial charge in [-0.2, -0.15) is 10.00 Å². The number of carbonyl (C=O) groups is 5. The minimum atomic E-state index is -1.40. The van der Waals surface area contributed by atoms with Crippen LogP contribution in [0.5, 0.6) is 11.5 Å². The normalized spacial score (nSPS) is 27.5. The minimum absolute atomic E-state index is 0.0739. The molecule has 0 bridgehead atoms. The summed E-state index contributed by atoms with van der Waals surface area (Å²) < 4.78 is 7.85. The van der Waals surface area contributed by atoms with Crippen molar-refractivity contribution in [3.05, 3.63) is 70.3 Å². The van der Waals surface area contributed by atoms with Crippen molar-refractivity contribution >= 4 is 68.5 Å². The van der Waals surface area contributed by atoms with Gasteiger partial charge < -0.3 is 15.6 Å². The van der Waals surface area contributed by atoms with Crippen molar-refractivity contribution in [2.75, 3.05) is 12.0 Å². The Balaban J connectivity index is 1.26. The van der Waals surface area contributed by atoms with Crippen molar-refractivity contribution in [2.45, 2.75) is 32.6 Å². The number of benzene rings is 2. The van der Waals surface area contributed by atoms with E-state index in [1.807, 2.05) is 31.2 Å². The summed E-state index contributed by atoms with van der Waals surface area (Å²) in [4.78, 5) is 71.2. The van der Waals surface area contributed by atoms with Gasteiger partial charge in [-0.05, 0) is 67.8 Å². The molecule has 8 rings (SSSR count). The molecule has 6 amide bonds. The third-order valence-corrected chi connectivity index (χ3v) is 12.8. The van der Waals surface area contributed by atoms with E-state index in [4.69, 9.17) is 27.2 Å². The molecule has 4 aliphatic rings. The Morgan fingerprint density at radius 3 is 2.54 bits per heavy atom. The Labute approximate surface area is 295 Å². The number of likely N-dealkylation sites (tertiary alicyclic amines) is 1. The molecule has 0 radical (unpaired) electrons. The summed E-state index contributed by atoms with van der Waals surface area (Å²) in [5.74, 6) is -6.07. The lowest BCUT2D eigenvalue weighted by molar-refractivity contribution is -0.136. The van der Waals surface area contributed by atoms with Crippen LogP contribution in [-0.4, -0.2) is 56.6 Å². The van der Waals surface area contributed by atoms with Gasteiger partial charge in [0.05, 0.1) is 35.2 Å². The predicted molar refractivity (Wildman–Crippen MR) is 184 cm³/mol. The minimum Gasteiger partial charge on any atom is -0.508 e. The molecule has 2 aliphatic carbocycles. The maximum absolute atomic E-state index is 14.9. The number of allylic oxidation sites excluding steroid dienone is 2. The number of imide groups is 4. The second kappa shape index (κ2) is 11.0. The number of aromatic nitrogens is 2. The number of aryl methyl sites for hydroxylation is 2. The molecular formula is C36H32ClN5O7S. The summed E-state index contributed by atoms with van der Waals surface area (Å²) in [6.45, 7) is 3.70. The Bertz CT molecular complexity index is 2260. The Morgan fingerprint density at radius 2 is 1.84 bits per heavy atom. The second-order valence-electron chi connectivity index (χ2n) is 13.6. The molecule has 4 aromatic rings. The monoisotopic (exact) mass is 713 g/mol. The Morgan fingerprint density at radius 1 is 1.08 bits per heavy atom. The summed E-state index contributed by atoms with van der Waals surface area (Å²) in [5, 5.41) is 17.7. The first-order chi connectivity index (χ1) is 23.8. The molecule has 3 fully saturated rings. The first-order valence-electron chi connectivity index (χ1n) is 16.1. The van der Waals surface area contributed by atoms with Crippen LogP contribution < -0.4 is 15.4 Å². The topological polar surface area (TPSA) is 165 Å². The highest BCUT2D eigenvalue weighted by atomic mass is 35.5. The molecule has 2 aromatic carbocycles. The summed E-state index contributed by atoms with van der Waals surface area (Å²) >= 11 is 7.81. The van der Waals surface area contributed by atoms with E-state index in [1.54, 1.807) is 32.2 Å². The fraction of sp³-hybridized carbons (Fsp3) is 0.333. The van der Waals surface area contributed by atoms with Gasteiger partial charge in [0.15, 0.2) is 0 Å². The highest BCUT2D eigenvalue weighted by molar-refractivity contribution is 7.22. The van der Waals surface area contributed by atoms with Gasteiger partial charge in [0.2, 0.25) is 23.6 Å². The lowest BCUT2D eigenvalue weighted by Crippen LogP contribution is -2.49. The average Bonchev–Trinajstić information content (AvgIpc) is 3.75. The first-order valence-corrected chi connectivity index (χ1v) is 17.3. The van der Waals surface area contributed by atoms with Crippen LogP contribution in [0, 0.1) is 36.0 Å². The van der Waals surface area contributed by atoms with Crippen molar-refractivity contribution in [3.8, 4) is 22.1 Å². The molecule has 4 heterocycles. The van der Waals surface area contributed by atoms with Crippen LogP contribution in [0.3, 0.4) is 0 Å². The molecule has 3 N–H and O–H groups in total. The van der Waals surface area contributed by atoms with Gasteiger partial charge in [-0.3, -0.25) is 23.9 Å². The van der Waals surface area contributed by atoms with Gasteiger partial charge in [0.25, 0.3) is 0 Å². The van der Waals surface area contributed by atoms with Gasteiger partial charge in [-0.1, -0.05) is 29.3 Å². The second-order valence-corrected chi connectivity index (χ2v) is 15.1. The lowest BCUT2D eigenvalue weighted by atomic mass is 9.51. The maximum atomic E-state index is 14.9. The number of nitrogens with zero attached hydrogens (tertiary/aromatic N) is 4. The number of halogens is 1. The zero-order valence-electron chi connectivity index (χ0n) is 27.5. The molecule has 6 unspecified atom stereocenters. The number of primary amides is 1. The number of hydrogen-bond acceptors (Lipinski definition) is 9. The highest BCUT2D eigenvalue weighted by Gasteiger charge is 2.68. The van der Waals surface area contributed by atoms with Gasteiger partial charge in [-0.25, -0.2) is 9.69 Å². The third-order valence-electron chi connectivity index (χ3n) is 11.3. The van der Waals surface area contributed by atoms with Gasteiger partial charge in [0.1, 0.15) is 23.0 Å². The number of fused-ring (bicyclic) bond motifs is 5. The van der Waals surface area contributed by atoms with Crippen LogP contribution in [0.15, 0.2) is 54.1 Å². The molecule has 2 saturated heterocycles. The van der Waals surface area contributed by atoms with Crippen molar-refractivity contribution in [1.82, 2.24) is 14.7 Å². The number of nitrogens with two attached hydrogens (primary N) is 1. The first kappa shape index (κ1) is 32.2. The number of carbonyl (C=O) groups excluding carboxylic acids is 5. The molecule has 50 heavy (non-hydrogen) atoms. The average molecular weight is 714 g/mol.